The number of rotatable bonds is 5. The lowest BCUT2D eigenvalue weighted by molar-refractivity contribution is 0.415. The molecule has 0 bridgehead atoms. The van der Waals surface area contributed by atoms with Crippen LogP contribution in [0, 0.1) is 0 Å². The molecule has 1 nitrogen and oxygen atoms in total. The summed E-state index contributed by atoms with van der Waals surface area (Å²) in [5.74, 6) is 0.946. The van der Waals surface area contributed by atoms with E-state index < -0.39 is 0 Å². The summed E-state index contributed by atoms with van der Waals surface area (Å²) in [5, 5.41) is 1.44. The second kappa shape index (κ2) is 6.03. The second-order valence-corrected chi connectivity index (χ2v) is 5.41. The molecule has 0 amide bonds. The summed E-state index contributed by atoms with van der Waals surface area (Å²) in [6.45, 7) is 4.57. The number of methoxy groups -OCH3 is 1. The largest absolute Gasteiger partial charge is 0.497 e. The van der Waals surface area contributed by atoms with Gasteiger partial charge in [-0.15, -0.1) is 0 Å². The van der Waals surface area contributed by atoms with E-state index in [1.165, 1.54) is 18.1 Å². The first-order valence-corrected chi connectivity index (χ1v) is 6.24. The highest BCUT2D eigenvalue weighted by molar-refractivity contribution is 7.47. The molecule has 0 aliphatic heterocycles. The van der Waals surface area contributed by atoms with Crippen molar-refractivity contribution in [2.75, 3.05) is 7.11 Å². The minimum absolute atomic E-state index is 0.813. The van der Waals surface area contributed by atoms with Gasteiger partial charge in [0.1, 0.15) is 5.75 Å². The summed E-state index contributed by atoms with van der Waals surface area (Å²) >= 11 is 0. The molecule has 0 N–H and O–H groups in total. The van der Waals surface area contributed by atoms with Gasteiger partial charge in [-0.3, -0.25) is 0 Å². The van der Waals surface area contributed by atoms with E-state index in [9.17, 15) is 0 Å². The van der Waals surface area contributed by atoms with E-state index in [-0.39, 0.29) is 0 Å². The van der Waals surface area contributed by atoms with E-state index in [4.69, 9.17) is 4.74 Å². The number of benzene rings is 1. The van der Waals surface area contributed by atoms with Crippen molar-refractivity contribution < 1.29 is 4.74 Å². The molecule has 0 aliphatic rings. The molecule has 0 saturated heterocycles. The predicted octanol–water partition coefficient (Wildman–Crippen LogP) is 3.19. The van der Waals surface area contributed by atoms with Gasteiger partial charge in [0.05, 0.1) is 7.11 Å². The van der Waals surface area contributed by atoms with E-state index >= 15 is 0 Å². The van der Waals surface area contributed by atoms with Crippen molar-refractivity contribution in [3.05, 3.63) is 24.3 Å². The maximum Gasteiger partial charge on any atom is 0.118 e. The lowest BCUT2D eigenvalue weighted by Crippen LogP contribution is -2.02. The molecule has 0 aromatic heterocycles. The van der Waals surface area contributed by atoms with Crippen LogP contribution in [0.15, 0.2) is 24.3 Å². The molecule has 1 aromatic carbocycles. The molecule has 2 unspecified atom stereocenters. The van der Waals surface area contributed by atoms with E-state index in [0.717, 1.165) is 20.0 Å². The summed E-state index contributed by atoms with van der Waals surface area (Å²) in [7, 11) is 2.63. The van der Waals surface area contributed by atoms with Gasteiger partial charge in [-0.1, -0.05) is 41.0 Å². The maximum absolute atomic E-state index is 5.12. The lowest BCUT2D eigenvalue weighted by atomic mass is 10.3. The molecule has 0 spiro atoms. The number of hydrogen-bond donors (Lipinski definition) is 0. The van der Waals surface area contributed by atoms with Crippen LogP contribution >= 0.6 is 8.58 Å². The number of hydrogen-bond acceptors (Lipinski definition) is 1. The van der Waals surface area contributed by atoms with Crippen LogP contribution < -0.4 is 10.0 Å². The Morgan fingerprint density at radius 2 is 1.93 bits per heavy atom. The highest BCUT2D eigenvalue weighted by atomic mass is 31.1. The first-order chi connectivity index (χ1) is 6.76. The van der Waals surface area contributed by atoms with Gasteiger partial charge in [-0.2, -0.15) is 0 Å². The molecule has 0 radical (unpaired) electrons. The summed E-state index contributed by atoms with van der Waals surface area (Å²) < 4.78 is 5.12. The average Bonchev–Trinajstić information content (AvgIpc) is 2.19. The third-order valence-electron chi connectivity index (χ3n) is 2.22. The van der Waals surface area contributed by atoms with Crippen molar-refractivity contribution >= 4 is 13.9 Å². The van der Waals surface area contributed by atoms with Crippen LogP contribution in [0.25, 0.3) is 0 Å². The Hall–Kier alpha value is -0.550. The summed E-state index contributed by atoms with van der Waals surface area (Å²) in [5.41, 5.74) is 0.813. The van der Waals surface area contributed by atoms with E-state index in [1.807, 2.05) is 12.1 Å². The maximum atomic E-state index is 5.12. The third kappa shape index (κ3) is 3.67. The highest BCUT2D eigenvalue weighted by Crippen LogP contribution is 2.23. The molecular formula is C12H19OP. The van der Waals surface area contributed by atoms with Gasteiger partial charge >= 0.3 is 0 Å². The summed E-state index contributed by atoms with van der Waals surface area (Å²) in [6, 6.07) is 8.43. The topological polar surface area (TPSA) is 9.23 Å². The monoisotopic (exact) mass is 210 g/mol. The fourth-order valence-corrected chi connectivity index (χ4v) is 2.84. The van der Waals surface area contributed by atoms with Crippen LogP contribution in [0.3, 0.4) is 0 Å². The van der Waals surface area contributed by atoms with Crippen molar-refractivity contribution in [3.63, 3.8) is 0 Å². The van der Waals surface area contributed by atoms with Crippen LogP contribution in [0.4, 0.5) is 0 Å². The standard InChI is InChI=1S/C12H19OP/c1-4-5-10(2)14-12-8-6-11(13-3)7-9-12/h6-10,14H,4-5H2,1-3H3. The quantitative estimate of drug-likeness (QED) is 0.678. The van der Waals surface area contributed by atoms with Crippen LogP contribution in [0.2, 0.25) is 0 Å². The molecule has 1 aromatic rings. The molecule has 0 saturated carbocycles. The Bertz CT molecular complexity index is 256. The lowest BCUT2D eigenvalue weighted by Gasteiger charge is -2.10. The predicted molar refractivity (Wildman–Crippen MR) is 65.3 cm³/mol. The van der Waals surface area contributed by atoms with Crippen molar-refractivity contribution in [1.82, 2.24) is 0 Å². The smallest absolute Gasteiger partial charge is 0.118 e. The van der Waals surface area contributed by atoms with Crippen LogP contribution in [-0.2, 0) is 0 Å². The Kier molecular flexibility index (Phi) is 4.97. The Labute approximate surface area is 88.6 Å². The highest BCUT2D eigenvalue weighted by Gasteiger charge is 2.02. The van der Waals surface area contributed by atoms with Crippen molar-refractivity contribution in [2.45, 2.75) is 32.3 Å². The SMILES string of the molecule is CCCC(C)Pc1ccc(OC)cc1. The zero-order valence-electron chi connectivity index (χ0n) is 9.21. The first kappa shape index (κ1) is 11.5. The van der Waals surface area contributed by atoms with Crippen molar-refractivity contribution in [3.8, 4) is 5.75 Å². The minimum Gasteiger partial charge on any atom is -0.497 e. The average molecular weight is 210 g/mol. The van der Waals surface area contributed by atoms with Gasteiger partial charge in [0, 0.05) is 0 Å². The van der Waals surface area contributed by atoms with E-state index in [1.54, 1.807) is 7.11 Å². The van der Waals surface area contributed by atoms with Crippen molar-refractivity contribution in [2.24, 2.45) is 0 Å². The summed E-state index contributed by atoms with van der Waals surface area (Å²) in [4.78, 5) is 0. The minimum atomic E-state index is 0.813. The first-order valence-electron chi connectivity index (χ1n) is 5.17. The molecular weight excluding hydrogens is 191 g/mol. The van der Waals surface area contributed by atoms with Gasteiger partial charge in [0.2, 0.25) is 0 Å². The fraction of sp³-hybridized carbons (Fsp3) is 0.500. The van der Waals surface area contributed by atoms with Gasteiger partial charge in [-0.05, 0) is 29.5 Å². The molecule has 1 rings (SSSR count). The van der Waals surface area contributed by atoms with Crippen molar-refractivity contribution in [1.29, 1.82) is 0 Å². The number of ether oxygens (including phenoxy) is 1. The zero-order valence-corrected chi connectivity index (χ0v) is 10.2. The Balaban J connectivity index is 2.50. The molecule has 14 heavy (non-hydrogen) atoms. The molecule has 2 heteroatoms. The molecule has 0 aliphatic carbocycles. The van der Waals surface area contributed by atoms with E-state index in [2.05, 4.69) is 26.0 Å². The zero-order chi connectivity index (χ0) is 10.4. The molecule has 2 atom stereocenters. The Morgan fingerprint density at radius 3 is 2.43 bits per heavy atom. The van der Waals surface area contributed by atoms with Gasteiger partial charge in [0.25, 0.3) is 0 Å². The van der Waals surface area contributed by atoms with Crippen LogP contribution in [0.1, 0.15) is 26.7 Å². The third-order valence-corrected chi connectivity index (χ3v) is 3.67. The second-order valence-electron chi connectivity index (χ2n) is 3.56. The van der Waals surface area contributed by atoms with E-state index in [0.29, 0.717) is 0 Å². The molecule has 0 heterocycles. The van der Waals surface area contributed by atoms with Gasteiger partial charge in [0.15, 0.2) is 0 Å². The normalized spacial score (nSPS) is 13.4. The molecule has 78 valence electrons. The van der Waals surface area contributed by atoms with Crippen LogP contribution in [0.5, 0.6) is 5.75 Å². The Morgan fingerprint density at radius 1 is 1.29 bits per heavy atom. The van der Waals surface area contributed by atoms with Gasteiger partial charge < -0.3 is 4.74 Å². The fourth-order valence-electron chi connectivity index (χ4n) is 1.48. The molecule has 0 fully saturated rings. The van der Waals surface area contributed by atoms with Gasteiger partial charge in [-0.25, -0.2) is 0 Å². The van der Waals surface area contributed by atoms with Crippen LogP contribution in [-0.4, -0.2) is 12.8 Å². The summed E-state index contributed by atoms with van der Waals surface area (Å²) in [6.07, 6.45) is 2.61.